The van der Waals surface area contributed by atoms with Crippen LogP contribution in [-0.4, -0.2) is 40.2 Å². The number of amides is 1. The third-order valence-electron chi connectivity index (χ3n) is 4.85. The number of carbonyl (C=O) groups excluding carboxylic acids is 1. The van der Waals surface area contributed by atoms with Crippen molar-refractivity contribution < 1.29 is 13.2 Å². The van der Waals surface area contributed by atoms with E-state index in [1.165, 1.54) is 19.3 Å². The first kappa shape index (κ1) is 20.2. The van der Waals surface area contributed by atoms with Gasteiger partial charge in [0.1, 0.15) is 6.54 Å². The predicted octanol–water partition coefficient (Wildman–Crippen LogP) is 3.39. The van der Waals surface area contributed by atoms with E-state index in [1.54, 1.807) is 18.2 Å². The number of rotatable bonds is 6. The van der Waals surface area contributed by atoms with Crippen molar-refractivity contribution in [1.82, 2.24) is 0 Å². The second-order valence-electron chi connectivity index (χ2n) is 7.25. The lowest BCUT2D eigenvalue weighted by Gasteiger charge is -2.29. The van der Waals surface area contributed by atoms with Crippen LogP contribution in [-0.2, 0) is 14.8 Å². The minimum Gasteiger partial charge on any atom is -0.372 e. The van der Waals surface area contributed by atoms with Gasteiger partial charge in [-0.1, -0.05) is 12.1 Å². The van der Waals surface area contributed by atoms with Crippen LogP contribution in [0.25, 0.3) is 0 Å². The molecule has 0 radical (unpaired) electrons. The molecule has 0 aromatic heterocycles. The molecular weight excluding hydrogens is 374 g/mol. The van der Waals surface area contributed by atoms with Gasteiger partial charge in [-0.25, -0.2) is 8.42 Å². The largest absolute Gasteiger partial charge is 0.372 e. The highest BCUT2D eigenvalue weighted by atomic mass is 32.2. The molecule has 2 aromatic rings. The summed E-state index contributed by atoms with van der Waals surface area (Å²) in [6.07, 6.45) is 4.80. The minimum atomic E-state index is -3.58. The fourth-order valence-electron chi connectivity index (χ4n) is 3.42. The summed E-state index contributed by atoms with van der Waals surface area (Å²) < 4.78 is 25.5. The molecular formula is C21H27N3O3S. The Hall–Kier alpha value is -2.54. The fourth-order valence-corrected chi connectivity index (χ4v) is 4.27. The highest BCUT2D eigenvalue weighted by Crippen LogP contribution is 2.22. The van der Waals surface area contributed by atoms with Gasteiger partial charge in [0, 0.05) is 24.5 Å². The van der Waals surface area contributed by atoms with Gasteiger partial charge in [0.25, 0.3) is 0 Å². The summed E-state index contributed by atoms with van der Waals surface area (Å²) in [5.41, 5.74) is 3.22. The van der Waals surface area contributed by atoms with Crippen molar-refractivity contribution in [2.75, 3.05) is 40.4 Å². The van der Waals surface area contributed by atoms with Crippen LogP contribution >= 0.6 is 0 Å². The summed E-state index contributed by atoms with van der Waals surface area (Å²) in [7, 11) is -3.58. The topological polar surface area (TPSA) is 69.7 Å². The van der Waals surface area contributed by atoms with Gasteiger partial charge < -0.3 is 10.2 Å². The Balaban J connectivity index is 1.67. The summed E-state index contributed by atoms with van der Waals surface area (Å²) in [5, 5.41) is 2.80. The second kappa shape index (κ2) is 8.65. The Bertz CT molecular complexity index is 920. The van der Waals surface area contributed by atoms with Crippen LogP contribution < -0.4 is 14.5 Å². The molecule has 0 unspecified atom stereocenters. The van der Waals surface area contributed by atoms with Gasteiger partial charge in [-0.15, -0.1) is 0 Å². The zero-order valence-electron chi connectivity index (χ0n) is 16.4. The van der Waals surface area contributed by atoms with Crippen molar-refractivity contribution in [3.8, 4) is 0 Å². The van der Waals surface area contributed by atoms with Crippen LogP contribution in [0.1, 0.15) is 24.8 Å². The summed E-state index contributed by atoms with van der Waals surface area (Å²) in [5.74, 6) is -0.377. The summed E-state index contributed by atoms with van der Waals surface area (Å²) in [4.78, 5) is 14.8. The maximum Gasteiger partial charge on any atom is 0.245 e. The molecule has 1 aliphatic heterocycles. The van der Waals surface area contributed by atoms with Crippen molar-refractivity contribution in [3.63, 3.8) is 0 Å². The molecule has 1 saturated heterocycles. The molecule has 1 heterocycles. The number of anilines is 3. The van der Waals surface area contributed by atoms with Crippen molar-refractivity contribution in [2.24, 2.45) is 0 Å². The highest BCUT2D eigenvalue weighted by molar-refractivity contribution is 7.92. The number of hydrogen-bond donors (Lipinski definition) is 1. The van der Waals surface area contributed by atoms with Crippen LogP contribution in [0.5, 0.6) is 0 Å². The predicted molar refractivity (Wildman–Crippen MR) is 115 cm³/mol. The first-order chi connectivity index (χ1) is 13.3. The standard InChI is InChI=1S/C21H27N3O3S/c1-17-7-6-8-20(15-17)24(28(2,26)27)16-21(25)22-18-9-11-19(12-10-18)23-13-4-3-5-14-23/h6-12,15H,3-5,13-14,16H2,1-2H3,(H,22,25). The third-order valence-corrected chi connectivity index (χ3v) is 5.99. The van der Waals surface area contributed by atoms with Crippen LogP contribution in [0.15, 0.2) is 48.5 Å². The lowest BCUT2D eigenvalue weighted by atomic mass is 10.1. The van der Waals surface area contributed by atoms with Crippen LogP contribution in [0, 0.1) is 6.92 Å². The van der Waals surface area contributed by atoms with E-state index in [1.807, 2.05) is 37.3 Å². The molecule has 0 atom stereocenters. The zero-order valence-corrected chi connectivity index (χ0v) is 17.2. The molecule has 0 bridgehead atoms. The van der Waals surface area contributed by atoms with E-state index in [2.05, 4.69) is 10.2 Å². The maximum absolute atomic E-state index is 12.5. The fraction of sp³-hybridized carbons (Fsp3) is 0.381. The highest BCUT2D eigenvalue weighted by Gasteiger charge is 2.21. The average Bonchev–Trinajstić information content (AvgIpc) is 2.66. The van der Waals surface area contributed by atoms with E-state index in [0.29, 0.717) is 11.4 Å². The SMILES string of the molecule is Cc1cccc(N(CC(=O)Nc2ccc(N3CCCCC3)cc2)S(C)(=O)=O)c1. The molecule has 0 spiro atoms. The number of carbonyl (C=O) groups is 1. The number of sulfonamides is 1. The Morgan fingerprint density at radius 1 is 1.07 bits per heavy atom. The van der Waals surface area contributed by atoms with Crippen LogP contribution in [0.3, 0.4) is 0 Å². The summed E-state index contributed by atoms with van der Waals surface area (Å²) >= 11 is 0. The molecule has 150 valence electrons. The van der Waals surface area contributed by atoms with Gasteiger partial charge in [0.05, 0.1) is 11.9 Å². The van der Waals surface area contributed by atoms with Crippen LogP contribution in [0.2, 0.25) is 0 Å². The van der Waals surface area contributed by atoms with Crippen molar-refractivity contribution in [2.45, 2.75) is 26.2 Å². The molecule has 1 amide bonds. The van der Waals surface area contributed by atoms with E-state index < -0.39 is 10.0 Å². The lowest BCUT2D eigenvalue weighted by molar-refractivity contribution is -0.114. The lowest BCUT2D eigenvalue weighted by Crippen LogP contribution is -2.37. The van der Waals surface area contributed by atoms with E-state index in [4.69, 9.17) is 0 Å². The van der Waals surface area contributed by atoms with Crippen molar-refractivity contribution >= 4 is 33.0 Å². The van der Waals surface area contributed by atoms with Gasteiger partial charge in [-0.2, -0.15) is 0 Å². The first-order valence-electron chi connectivity index (χ1n) is 9.52. The molecule has 1 N–H and O–H groups in total. The quantitative estimate of drug-likeness (QED) is 0.806. The Kier molecular flexibility index (Phi) is 6.24. The van der Waals surface area contributed by atoms with E-state index in [-0.39, 0.29) is 12.5 Å². The molecule has 28 heavy (non-hydrogen) atoms. The van der Waals surface area contributed by atoms with Gasteiger partial charge in [-0.3, -0.25) is 9.10 Å². The maximum atomic E-state index is 12.5. The normalized spacial score (nSPS) is 14.6. The molecule has 1 fully saturated rings. The molecule has 0 saturated carbocycles. The van der Waals surface area contributed by atoms with Crippen molar-refractivity contribution in [3.05, 3.63) is 54.1 Å². The smallest absolute Gasteiger partial charge is 0.245 e. The molecule has 6 nitrogen and oxygen atoms in total. The third kappa shape index (κ3) is 5.25. The van der Waals surface area contributed by atoms with E-state index >= 15 is 0 Å². The Labute approximate surface area is 167 Å². The number of benzene rings is 2. The van der Waals surface area contributed by atoms with Crippen molar-refractivity contribution in [1.29, 1.82) is 0 Å². The molecule has 0 aliphatic carbocycles. The summed E-state index contributed by atoms with van der Waals surface area (Å²) in [6.45, 7) is 3.74. The van der Waals surface area contributed by atoms with E-state index in [0.717, 1.165) is 34.9 Å². The van der Waals surface area contributed by atoms with Crippen LogP contribution in [0.4, 0.5) is 17.1 Å². The summed E-state index contributed by atoms with van der Waals surface area (Å²) in [6, 6.07) is 14.8. The molecule has 2 aromatic carbocycles. The average molecular weight is 402 g/mol. The number of aryl methyl sites for hydroxylation is 1. The number of nitrogens with zero attached hydrogens (tertiary/aromatic N) is 2. The second-order valence-corrected chi connectivity index (χ2v) is 9.16. The molecule has 1 aliphatic rings. The molecule has 3 rings (SSSR count). The Morgan fingerprint density at radius 3 is 2.36 bits per heavy atom. The monoisotopic (exact) mass is 401 g/mol. The van der Waals surface area contributed by atoms with Gasteiger partial charge in [0.2, 0.25) is 15.9 Å². The van der Waals surface area contributed by atoms with Gasteiger partial charge in [-0.05, 0) is 68.1 Å². The number of hydrogen-bond acceptors (Lipinski definition) is 4. The van der Waals surface area contributed by atoms with Gasteiger partial charge in [0.15, 0.2) is 0 Å². The number of piperidine rings is 1. The first-order valence-corrected chi connectivity index (χ1v) is 11.4. The van der Waals surface area contributed by atoms with E-state index in [9.17, 15) is 13.2 Å². The van der Waals surface area contributed by atoms with Gasteiger partial charge >= 0.3 is 0 Å². The Morgan fingerprint density at radius 2 is 1.75 bits per heavy atom. The minimum absolute atomic E-state index is 0.268. The molecule has 7 heteroatoms. The zero-order chi connectivity index (χ0) is 20.1. The number of nitrogens with one attached hydrogen (secondary N) is 1.